The summed E-state index contributed by atoms with van der Waals surface area (Å²) in [6, 6.07) is 9.58. The lowest BCUT2D eigenvalue weighted by atomic mass is 9.84. The van der Waals surface area contributed by atoms with Gasteiger partial charge < -0.3 is 18.9 Å². The molecule has 1 atom stereocenters. The van der Waals surface area contributed by atoms with Crippen LogP contribution in [0.2, 0.25) is 0 Å². The minimum Gasteiger partial charge on any atom is -0.433 e. The Morgan fingerprint density at radius 3 is 2.67 bits per heavy atom. The summed E-state index contributed by atoms with van der Waals surface area (Å²) < 4.78 is 21.5. The molecule has 5 nitrogen and oxygen atoms in total. The van der Waals surface area contributed by atoms with Gasteiger partial charge in [-0.25, -0.2) is 4.79 Å². The fraction of sp³-hybridized carbons (Fsp3) is 0.526. The number of ether oxygens (including phenoxy) is 4. The molecule has 1 heterocycles. The standard InChI is InChI=1S/C19H26O5/c1-3-19(14-22-15-19)13-21-11-12-23-16(2)24-18(20)10-9-17-7-5-4-6-8-17/h4-10,16H,3,11-15H2,1-2H3/b10-9+. The van der Waals surface area contributed by atoms with Crippen LogP contribution < -0.4 is 0 Å². The molecule has 0 spiro atoms. The molecular weight excluding hydrogens is 308 g/mol. The topological polar surface area (TPSA) is 54.0 Å². The van der Waals surface area contributed by atoms with E-state index < -0.39 is 12.3 Å². The first kappa shape index (κ1) is 18.6. The van der Waals surface area contributed by atoms with Crippen LogP contribution in [-0.2, 0) is 23.7 Å². The number of hydrogen-bond acceptors (Lipinski definition) is 5. The average Bonchev–Trinajstić information content (AvgIpc) is 2.56. The maximum atomic E-state index is 11.7. The van der Waals surface area contributed by atoms with Crippen molar-refractivity contribution in [3.63, 3.8) is 0 Å². The van der Waals surface area contributed by atoms with Gasteiger partial charge in [0.1, 0.15) is 0 Å². The van der Waals surface area contributed by atoms with Gasteiger partial charge in [0, 0.05) is 11.5 Å². The normalized spacial score (nSPS) is 17.4. The fourth-order valence-corrected chi connectivity index (χ4v) is 2.31. The van der Waals surface area contributed by atoms with E-state index in [4.69, 9.17) is 18.9 Å². The van der Waals surface area contributed by atoms with E-state index in [2.05, 4.69) is 6.92 Å². The molecule has 0 saturated carbocycles. The van der Waals surface area contributed by atoms with Gasteiger partial charge in [-0.2, -0.15) is 0 Å². The highest BCUT2D eigenvalue weighted by Crippen LogP contribution is 2.31. The number of rotatable bonds is 10. The second-order valence-electron chi connectivity index (χ2n) is 6.02. The van der Waals surface area contributed by atoms with Crippen molar-refractivity contribution in [2.45, 2.75) is 26.6 Å². The van der Waals surface area contributed by atoms with Crippen molar-refractivity contribution in [3.05, 3.63) is 42.0 Å². The van der Waals surface area contributed by atoms with Crippen molar-refractivity contribution in [1.29, 1.82) is 0 Å². The molecule has 1 aromatic rings. The molecular formula is C19H26O5. The molecule has 1 fully saturated rings. The first-order chi connectivity index (χ1) is 11.6. The Balaban J connectivity index is 1.56. The Labute approximate surface area is 143 Å². The molecule has 1 aliphatic heterocycles. The highest BCUT2D eigenvalue weighted by Gasteiger charge is 2.36. The lowest BCUT2D eigenvalue weighted by molar-refractivity contribution is -0.177. The minimum atomic E-state index is -0.603. The highest BCUT2D eigenvalue weighted by atomic mass is 16.7. The Morgan fingerprint density at radius 1 is 1.29 bits per heavy atom. The van der Waals surface area contributed by atoms with Gasteiger partial charge in [0.2, 0.25) is 6.29 Å². The summed E-state index contributed by atoms with van der Waals surface area (Å²) >= 11 is 0. The van der Waals surface area contributed by atoms with E-state index in [1.807, 2.05) is 30.3 Å². The molecule has 1 aromatic carbocycles. The molecule has 1 saturated heterocycles. The maximum absolute atomic E-state index is 11.7. The fourth-order valence-electron chi connectivity index (χ4n) is 2.31. The average molecular weight is 334 g/mol. The molecule has 0 aromatic heterocycles. The van der Waals surface area contributed by atoms with E-state index in [-0.39, 0.29) is 5.41 Å². The summed E-state index contributed by atoms with van der Waals surface area (Å²) in [6.07, 6.45) is 3.56. The third-order valence-corrected chi connectivity index (χ3v) is 4.05. The molecule has 0 amide bonds. The van der Waals surface area contributed by atoms with Gasteiger partial charge in [-0.1, -0.05) is 37.3 Å². The summed E-state index contributed by atoms with van der Waals surface area (Å²) in [7, 11) is 0. The monoisotopic (exact) mass is 334 g/mol. The molecule has 24 heavy (non-hydrogen) atoms. The second-order valence-corrected chi connectivity index (χ2v) is 6.02. The SMILES string of the molecule is CCC1(COCCOC(C)OC(=O)/C=C/c2ccccc2)COC1. The number of esters is 1. The third kappa shape index (κ3) is 6.07. The molecule has 0 N–H and O–H groups in total. The first-order valence-corrected chi connectivity index (χ1v) is 8.34. The molecule has 2 rings (SSSR count). The zero-order valence-electron chi connectivity index (χ0n) is 14.4. The predicted molar refractivity (Wildman–Crippen MR) is 91.3 cm³/mol. The van der Waals surface area contributed by atoms with Crippen molar-refractivity contribution < 1.29 is 23.7 Å². The summed E-state index contributed by atoms with van der Waals surface area (Å²) in [5.74, 6) is -0.427. The lowest BCUT2D eigenvalue weighted by Gasteiger charge is -2.40. The number of carbonyl (C=O) groups excluding carboxylic acids is 1. The molecule has 1 unspecified atom stereocenters. The van der Waals surface area contributed by atoms with Crippen LogP contribution in [0.25, 0.3) is 6.08 Å². The molecule has 5 heteroatoms. The van der Waals surface area contributed by atoms with E-state index in [0.29, 0.717) is 19.8 Å². The van der Waals surface area contributed by atoms with E-state index in [1.165, 1.54) is 6.08 Å². The maximum Gasteiger partial charge on any atom is 0.333 e. The lowest BCUT2D eigenvalue weighted by Crippen LogP contribution is -2.45. The second kappa shape index (κ2) is 9.57. The van der Waals surface area contributed by atoms with Crippen molar-refractivity contribution >= 4 is 12.0 Å². The van der Waals surface area contributed by atoms with Crippen molar-refractivity contribution in [2.75, 3.05) is 33.0 Å². The van der Waals surface area contributed by atoms with Crippen LogP contribution in [0.3, 0.4) is 0 Å². The van der Waals surface area contributed by atoms with Crippen LogP contribution in [0.1, 0.15) is 25.8 Å². The first-order valence-electron chi connectivity index (χ1n) is 8.34. The molecule has 0 radical (unpaired) electrons. The van der Waals surface area contributed by atoms with E-state index in [9.17, 15) is 4.79 Å². The van der Waals surface area contributed by atoms with Gasteiger partial charge in [0.05, 0.1) is 33.0 Å². The van der Waals surface area contributed by atoms with Gasteiger partial charge in [0.25, 0.3) is 0 Å². The van der Waals surface area contributed by atoms with Gasteiger partial charge in [0.15, 0.2) is 0 Å². The Morgan fingerprint density at radius 2 is 2.04 bits per heavy atom. The van der Waals surface area contributed by atoms with Crippen molar-refractivity contribution in [1.82, 2.24) is 0 Å². The smallest absolute Gasteiger partial charge is 0.333 e. The van der Waals surface area contributed by atoms with Gasteiger partial charge >= 0.3 is 5.97 Å². The molecule has 0 aliphatic carbocycles. The van der Waals surface area contributed by atoms with Gasteiger partial charge in [-0.15, -0.1) is 0 Å². The summed E-state index contributed by atoms with van der Waals surface area (Å²) in [5, 5.41) is 0. The Bertz CT molecular complexity index is 516. The van der Waals surface area contributed by atoms with Crippen LogP contribution >= 0.6 is 0 Å². The van der Waals surface area contributed by atoms with Crippen molar-refractivity contribution in [2.24, 2.45) is 5.41 Å². The van der Waals surface area contributed by atoms with Crippen LogP contribution in [-0.4, -0.2) is 45.3 Å². The van der Waals surface area contributed by atoms with Crippen molar-refractivity contribution in [3.8, 4) is 0 Å². The van der Waals surface area contributed by atoms with E-state index in [1.54, 1.807) is 13.0 Å². The van der Waals surface area contributed by atoms with Gasteiger partial charge in [-0.05, 0) is 25.0 Å². The Hall–Kier alpha value is -1.69. The summed E-state index contributed by atoms with van der Waals surface area (Å²) in [6.45, 7) is 6.93. The quantitative estimate of drug-likeness (QED) is 0.285. The summed E-state index contributed by atoms with van der Waals surface area (Å²) in [5.41, 5.74) is 1.13. The zero-order chi connectivity index (χ0) is 17.3. The molecule has 0 bridgehead atoms. The third-order valence-electron chi connectivity index (χ3n) is 4.05. The number of hydrogen-bond donors (Lipinski definition) is 0. The number of benzene rings is 1. The largest absolute Gasteiger partial charge is 0.433 e. The van der Waals surface area contributed by atoms with E-state index in [0.717, 1.165) is 25.2 Å². The Kier molecular flexibility index (Phi) is 7.43. The predicted octanol–water partition coefficient (Wildman–Crippen LogP) is 3.05. The van der Waals surface area contributed by atoms with Crippen LogP contribution in [0.4, 0.5) is 0 Å². The highest BCUT2D eigenvalue weighted by molar-refractivity contribution is 5.87. The number of carbonyl (C=O) groups is 1. The van der Waals surface area contributed by atoms with Crippen LogP contribution in [0.5, 0.6) is 0 Å². The van der Waals surface area contributed by atoms with Gasteiger partial charge in [-0.3, -0.25) is 0 Å². The zero-order valence-corrected chi connectivity index (χ0v) is 14.4. The molecule has 1 aliphatic rings. The minimum absolute atomic E-state index is 0.181. The van der Waals surface area contributed by atoms with E-state index >= 15 is 0 Å². The summed E-state index contributed by atoms with van der Waals surface area (Å²) in [4.78, 5) is 11.7. The molecule has 132 valence electrons. The van der Waals surface area contributed by atoms with Crippen LogP contribution in [0.15, 0.2) is 36.4 Å². The van der Waals surface area contributed by atoms with Crippen LogP contribution in [0, 0.1) is 5.41 Å².